The lowest BCUT2D eigenvalue weighted by Crippen LogP contribution is -2.42. The van der Waals surface area contributed by atoms with Gasteiger partial charge in [-0.25, -0.2) is 24.4 Å². The molecule has 2 aromatic carbocycles. The van der Waals surface area contributed by atoms with Gasteiger partial charge in [-0.05, 0) is 70.4 Å². The third kappa shape index (κ3) is 9.91. The van der Waals surface area contributed by atoms with E-state index in [2.05, 4.69) is 21.1 Å². The molecule has 0 bridgehead atoms. The molecule has 1 amide bonds. The van der Waals surface area contributed by atoms with E-state index in [0.29, 0.717) is 49.7 Å². The van der Waals surface area contributed by atoms with Gasteiger partial charge in [0.2, 0.25) is 5.69 Å². The summed E-state index contributed by atoms with van der Waals surface area (Å²) in [6.07, 6.45) is 1.30. The van der Waals surface area contributed by atoms with Crippen LogP contribution < -0.4 is 15.0 Å². The summed E-state index contributed by atoms with van der Waals surface area (Å²) in [5.41, 5.74) is 3.03. The standard InChI is InChI=1S/C37H37ClN6O5S2/c1-23(41-36(46)49-37(2,3)4)35(45)48-19-18-47-28-14-10-24(11-15-28)30-29(20-39)34(43-32(31(30)40-5)44-16-6-7-17-44)51-22-27-21-50-33(42-27)25-8-12-26(38)13-9-25/h8-15,21,23H,6-7,16-19,22H2,1-4H3,(H,41,46)/t23-/m0/s1. The molecule has 51 heavy (non-hydrogen) atoms. The second-order valence-corrected chi connectivity index (χ2v) is 14.9. The maximum absolute atomic E-state index is 12.3. The Kier molecular flexibility index (Phi) is 12.4. The van der Waals surface area contributed by atoms with Gasteiger partial charge in [0.15, 0.2) is 0 Å². The molecule has 264 valence electrons. The van der Waals surface area contributed by atoms with Gasteiger partial charge < -0.3 is 24.4 Å². The average molecular weight is 745 g/mol. The molecule has 1 aliphatic heterocycles. The van der Waals surface area contributed by atoms with Crippen molar-refractivity contribution in [3.8, 4) is 33.5 Å². The van der Waals surface area contributed by atoms with Crippen LogP contribution in [0.15, 0.2) is 58.9 Å². The van der Waals surface area contributed by atoms with Crippen molar-refractivity contribution in [2.45, 2.75) is 63.0 Å². The first-order valence-electron chi connectivity index (χ1n) is 16.3. The number of esters is 1. The largest absolute Gasteiger partial charge is 0.490 e. The summed E-state index contributed by atoms with van der Waals surface area (Å²) in [5.74, 6) is 0.972. The Morgan fingerprint density at radius 1 is 1.10 bits per heavy atom. The number of halogens is 1. The van der Waals surface area contributed by atoms with Crippen LogP contribution in [0, 0.1) is 17.9 Å². The number of hydrogen-bond donors (Lipinski definition) is 1. The molecular formula is C37H37ClN6O5S2. The third-order valence-corrected chi connectivity index (χ3v) is 9.78. The normalized spacial score (nSPS) is 13.2. The van der Waals surface area contributed by atoms with E-state index in [-0.39, 0.29) is 13.2 Å². The molecule has 3 heterocycles. The van der Waals surface area contributed by atoms with Crippen LogP contribution in [0.4, 0.5) is 16.3 Å². The van der Waals surface area contributed by atoms with E-state index in [1.807, 2.05) is 29.6 Å². The highest BCUT2D eigenvalue weighted by Gasteiger charge is 2.27. The van der Waals surface area contributed by atoms with Crippen LogP contribution in [-0.2, 0) is 20.0 Å². The van der Waals surface area contributed by atoms with E-state index < -0.39 is 23.7 Å². The van der Waals surface area contributed by atoms with E-state index in [4.69, 9.17) is 42.4 Å². The zero-order chi connectivity index (χ0) is 36.5. The second-order valence-electron chi connectivity index (χ2n) is 12.6. The van der Waals surface area contributed by atoms with Crippen LogP contribution in [0.3, 0.4) is 0 Å². The van der Waals surface area contributed by atoms with Gasteiger partial charge in [-0.3, -0.25) is 0 Å². The smallest absolute Gasteiger partial charge is 0.408 e. The van der Waals surface area contributed by atoms with Crippen LogP contribution in [-0.4, -0.2) is 60.0 Å². The van der Waals surface area contributed by atoms with Crippen molar-refractivity contribution in [2.75, 3.05) is 31.2 Å². The summed E-state index contributed by atoms with van der Waals surface area (Å²) in [7, 11) is 0. The Hall–Kier alpha value is -4.82. The Labute approximate surface area is 310 Å². The quantitative estimate of drug-likeness (QED) is 0.0651. The summed E-state index contributed by atoms with van der Waals surface area (Å²) >= 11 is 9.02. The fraction of sp³-hybridized carbons (Fsp3) is 0.351. The highest BCUT2D eigenvalue weighted by Crippen LogP contribution is 2.45. The van der Waals surface area contributed by atoms with Crippen molar-refractivity contribution in [3.63, 3.8) is 0 Å². The van der Waals surface area contributed by atoms with Crippen LogP contribution >= 0.6 is 34.7 Å². The lowest BCUT2D eigenvalue weighted by molar-refractivity contribution is -0.146. The summed E-state index contributed by atoms with van der Waals surface area (Å²) in [4.78, 5) is 40.0. The molecule has 0 spiro atoms. The van der Waals surface area contributed by atoms with Crippen LogP contribution in [0.25, 0.3) is 26.5 Å². The minimum Gasteiger partial charge on any atom is -0.490 e. The number of thiazole rings is 1. The summed E-state index contributed by atoms with van der Waals surface area (Å²) in [6.45, 7) is 16.5. The van der Waals surface area contributed by atoms with Crippen molar-refractivity contribution in [1.82, 2.24) is 15.3 Å². The first kappa shape index (κ1) is 37.4. The molecule has 0 aliphatic carbocycles. The van der Waals surface area contributed by atoms with Gasteiger partial charge >= 0.3 is 12.1 Å². The van der Waals surface area contributed by atoms with E-state index in [1.54, 1.807) is 56.4 Å². The van der Waals surface area contributed by atoms with Gasteiger partial charge in [-0.1, -0.05) is 47.6 Å². The number of nitriles is 1. The predicted molar refractivity (Wildman–Crippen MR) is 200 cm³/mol. The van der Waals surface area contributed by atoms with E-state index in [0.717, 1.165) is 42.2 Å². The number of thioether (sulfide) groups is 1. The summed E-state index contributed by atoms with van der Waals surface area (Å²) in [5, 5.41) is 17.0. The number of pyridine rings is 1. The Morgan fingerprint density at radius 3 is 2.43 bits per heavy atom. The molecule has 1 aliphatic rings. The zero-order valence-electron chi connectivity index (χ0n) is 28.7. The van der Waals surface area contributed by atoms with Crippen molar-refractivity contribution in [3.05, 3.63) is 81.6 Å². The fourth-order valence-electron chi connectivity index (χ4n) is 5.22. The lowest BCUT2D eigenvalue weighted by Gasteiger charge is -2.22. The van der Waals surface area contributed by atoms with Gasteiger partial charge in [-0.2, -0.15) is 5.26 Å². The number of nitrogens with one attached hydrogen (secondary N) is 1. The molecule has 1 atom stereocenters. The molecular weight excluding hydrogens is 708 g/mol. The lowest BCUT2D eigenvalue weighted by atomic mass is 9.99. The number of hydrogen-bond acceptors (Lipinski definition) is 11. The number of nitrogens with zero attached hydrogens (tertiary/aromatic N) is 5. The average Bonchev–Trinajstić information content (AvgIpc) is 3.81. The molecule has 4 aromatic rings. The predicted octanol–water partition coefficient (Wildman–Crippen LogP) is 8.68. The van der Waals surface area contributed by atoms with Gasteiger partial charge in [-0.15, -0.1) is 11.3 Å². The molecule has 0 radical (unpaired) electrons. The molecule has 1 N–H and O–H groups in total. The number of benzene rings is 2. The van der Waals surface area contributed by atoms with Crippen LogP contribution in [0.2, 0.25) is 5.02 Å². The molecule has 11 nitrogen and oxygen atoms in total. The SMILES string of the molecule is [C-]#[N+]c1c(N2CCCC2)nc(SCc2csc(-c3ccc(Cl)cc3)n2)c(C#N)c1-c1ccc(OCCOC(=O)[C@H](C)NC(=O)OC(C)(C)C)cc1. The second kappa shape index (κ2) is 16.9. The monoisotopic (exact) mass is 744 g/mol. The van der Waals surface area contributed by atoms with Gasteiger partial charge in [0.25, 0.3) is 0 Å². The first-order valence-corrected chi connectivity index (χ1v) is 18.5. The number of alkyl carbamates (subject to hydrolysis) is 1. The van der Waals surface area contributed by atoms with Gasteiger partial charge in [0.05, 0.1) is 17.8 Å². The number of anilines is 1. The Balaban J connectivity index is 1.30. The van der Waals surface area contributed by atoms with E-state index in [1.165, 1.54) is 18.7 Å². The number of carbonyl (C=O) groups is 2. The molecule has 2 aromatic heterocycles. The van der Waals surface area contributed by atoms with E-state index >= 15 is 0 Å². The molecule has 0 unspecified atom stereocenters. The molecule has 0 saturated carbocycles. The summed E-state index contributed by atoms with van der Waals surface area (Å²) < 4.78 is 16.2. The first-order chi connectivity index (χ1) is 24.5. The highest BCUT2D eigenvalue weighted by atomic mass is 35.5. The summed E-state index contributed by atoms with van der Waals surface area (Å²) in [6, 6.07) is 16.1. The molecule has 1 fully saturated rings. The number of carbonyl (C=O) groups excluding carboxylic acids is 2. The Morgan fingerprint density at radius 2 is 1.78 bits per heavy atom. The Bertz CT molecular complexity index is 1940. The van der Waals surface area contributed by atoms with Crippen molar-refractivity contribution < 1.29 is 23.8 Å². The minimum absolute atomic E-state index is 0.0360. The van der Waals surface area contributed by atoms with Crippen molar-refractivity contribution in [2.24, 2.45) is 0 Å². The van der Waals surface area contributed by atoms with Crippen LogP contribution in [0.5, 0.6) is 5.75 Å². The fourth-order valence-corrected chi connectivity index (χ4v) is 7.15. The van der Waals surface area contributed by atoms with Crippen molar-refractivity contribution in [1.29, 1.82) is 5.26 Å². The zero-order valence-corrected chi connectivity index (χ0v) is 31.1. The van der Waals surface area contributed by atoms with Gasteiger partial charge in [0.1, 0.15) is 52.5 Å². The topological polar surface area (TPSA) is 131 Å². The molecule has 5 rings (SSSR count). The number of aromatic nitrogens is 2. The van der Waals surface area contributed by atoms with Gasteiger partial charge in [0, 0.05) is 40.4 Å². The molecule has 14 heteroatoms. The maximum atomic E-state index is 12.3. The number of rotatable bonds is 12. The van der Waals surface area contributed by atoms with Crippen molar-refractivity contribution >= 4 is 58.3 Å². The third-order valence-electron chi connectivity index (χ3n) is 7.57. The van der Waals surface area contributed by atoms with E-state index in [9.17, 15) is 14.9 Å². The maximum Gasteiger partial charge on any atom is 0.408 e. The molecule has 1 saturated heterocycles. The number of amides is 1. The number of ether oxygens (including phenoxy) is 3. The minimum atomic E-state index is -0.896. The highest BCUT2D eigenvalue weighted by molar-refractivity contribution is 7.98. The van der Waals surface area contributed by atoms with Crippen LogP contribution in [0.1, 0.15) is 51.8 Å².